The Labute approximate surface area is 117 Å². The van der Waals surface area contributed by atoms with Crippen LogP contribution in [0.4, 0.5) is 11.4 Å². The van der Waals surface area contributed by atoms with E-state index in [0.29, 0.717) is 22.8 Å². The highest BCUT2D eigenvalue weighted by atomic mass is 35.5. The third-order valence-corrected chi connectivity index (χ3v) is 3.14. The van der Waals surface area contributed by atoms with E-state index in [2.05, 4.69) is 5.32 Å². The monoisotopic (exact) mass is 274 g/mol. The highest BCUT2D eigenvalue weighted by Gasteiger charge is 2.08. The molecule has 0 atom stereocenters. The van der Waals surface area contributed by atoms with E-state index in [1.807, 2.05) is 31.2 Å². The summed E-state index contributed by atoms with van der Waals surface area (Å²) in [6.07, 6.45) is 0.328. The summed E-state index contributed by atoms with van der Waals surface area (Å²) >= 11 is 5.81. The molecule has 1 amide bonds. The summed E-state index contributed by atoms with van der Waals surface area (Å²) in [5.74, 6) is -0.0941. The number of hydrogen-bond donors (Lipinski definition) is 2. The third kappa shape index (κ3) is 3.48. The number of amides is 1. The van der Waals surface area contributed by atoms with Gasteiger partial charge in [-0.25, -0.2) is 0 Å². The number of hydrogen-bond acceptors (Lipinski definition) is 2. The van der Waals surface area contributed by atoms with Crippen LogP contribution in [0.15, 0.2) is 42.5 Å². The summed E-state index contributed by atoms with van der Waals surface area (Å²) in [5, 5.41) is 3.34. The maximum absolute atomic E-state index is 12.0. The average Bonchev–Trinajstić information content (AvgIpc) is 2.36. The minimum atomic E-state index is -0.0941. The maximum Gasteiger partial charge on any atom is 0.228 e. The zero-order chi connectivity index (χ0) is 13.8. The molecule has 0 radical (unpaired) electrons. The van der Waals surface area contributed by atoms with E-state index < -0.39 is 0 Å². The van der Waals surface area contributed by atoms with Gasteiger partial charge in [0.25, 0.3) is 0 Å². The van der Waals surface area contributed by atoms with Crippen molar-refractivity contribution < 1.29 is 4.79 Å². The van der Waals surface area contributed by atoms with Crippen LogP contribution in [0.3, 0.4) is 0 Å². The lowest BCUT2D eigenvalue weighted by Crippen LogP contribution is -2.16. The predicted octanol–water partition coefficient (Wildman–Crippen LogP) is 3.41. The van der Waals surface area contributed by atoms with E-state index in [1.54, 1.807) is 18.2 Å². The molecule has 3 nitrogen and oxygen atoms in total. The van der Waals surface area contributed by atoms with Gasteiger partial charge in [-0.1, -0.05) is 35.9 Å². The normalized spacial score (nSPS) is 10.2. The predicted molar refractivity (Wildman–Crippen MR) is 79.4 cm³/mol. The van der Waals surface area contributed by atoms with E-state index in [-0.39, 0.29) is 5.91 Å². The third-order valence-electron chi connectivity index (χ3n) is 2.90. The minimum absolute atomic E-state index is 0.0941. The average molecular weight is 275 g/mol. The molecule has 3 N–H and O–H groups in total. The van der Waals surface area contributed by atoms with Crippen molar-refractivity contribution in [1.82, 2.24) is 0 Å². The molecule has 0 saturated carbocycles. The molecular formula is C15H15ClN2O. The van der Waals surface area contributed by atoms with Crippen molar-refractivity contribution in [2.75, 3.05) is 11.1 Å². The summed E-state index contributed by atoms with van der Waals surface area (Å²) in [6.45, 7) is 1.99. The highest BCUT2D eigenvalue weighted by molar-refractivity contribution is 6.31. The first kappa shape index (κ1) is 13.4. The van der Waals surface area contributed by atoms with Crippen LogP contribution in [0.2, 0.25) is 5.02 Å². The fourth-order valence-corrected chi connectivity index (χ4v) is 2.00. The van der Waals surface area contributed by atoms with Gasteiger partial charge in [0.15, 0.2) is 0 Å². The second-order valence-electron chi connectivity index (χ2n) is 4.38. The lowest BCUT2D eigenvalue weighted by molar-refractivity contribution is -0.115. The van der Waals surface area contributed by atoms with Crippen LogP contribution in [0.1, 0.15) is 11.1 Å². The second kappa shape index (κ2) is 5.76. The molecule has 0 heterocycles. The Morgan fingerprint density at radius 3 is 2.68 bits per heavy atom. The molecule has 2 rings (SSSR count). The Morgan fingerprint density at radius 2 is 2.00 bits per heavy atom. The molecule has 0 fully saturated rings. The molecule has 98 valence electrons. The first-order valence-electron chi connectivity index (χ1n) is 5.95. The standard InChI is InChI=1S/C15H15ClN2O/c1-10-4-2-3-5-11(10)8-15(19)18-14-7-6-12(16)9-13(14)17/h2-7,9H,8,17H2,1H3,(H,18,19). The Balaban J connectivity index is 2.08. The Kier molecular flexibility index (Phi) is 4.07. The van der Waals surface area contributed by atoms with Crippen LogP contribution in [-0.2, 0) is 11.2 Å². The van der Waals surface area contributed by atoms with E-state index in [9.17, 15) is 4.79 Å². The molecule has 0 unspecified atom stereocenters. The summed E-state index contributed by atoms with van der Waals surface area (Å²) in [5.41, 5.74) is 8.95. The largest absolute Gasteiger partial charge is 0.397 e. The highest BCUT2D eigenvalue weighted by Crippen LogP contribution is 2.22. The van der Waals surface area contributed by atoms with Gasteiger partial charge in [0.1, 0.15) is 0 Å². The van der Waals surface area contributed by atoms with Crippen LogP contribution >= 0.6 is 11.6 Å². The van der Waals surface area contributed by atoms with Crippen LogP contribution < -0.4 is 11.1 Å². The number of benzene rings is 2. The summed E-state index contributed by atoms with van der Waals surface area (Å²) in [7, 11) is 0. The smallest absolute Gasteiger partial charge is 0.228 e. The lowest BCUT2D eigenvalue weighted by Gasteiger charge is -2.09. The summed E-state index contributed by atoms with van der Waals surface area (Å²) in [6, 6.07) is 12.8. The Bertz CT molecular complexity index is 611. The Hall–Kier alpha value is -2.00. The van der Waals surface area contributed by atoms with Crippen molar-refractivity contribution in [3.63, 3.8) is 0 Å². The van der Waals surface area contributed by atoms with Crippen LogP contribution in [0, 0.1) is 6.92 Å². The van der Waals surface area contributed by atoms with Crippen molar-refractivity contribution in [2.24, 2.45) is 0 Å². The number of carbonyl (C=O) groups is 1. The fourth-order valence-electron chi connectivity index (χ4n) is 1.82. The first-order chi connectivity index (χ1) is 9.06. The van der Waals surface area contributed by atoms with Crippen molar-refractivity contribution in [1.29, 1.82) is 0 Å². The van der Waals surface area contributed by atoms with Crippen LogP contribution in [0.5, 0.6) is 0 Å². The molecule has 2 aromatic carbocycles. The molecule has 2 aromatic rings. The molecule has 0 aliphatic carbocycles. The molecule has 19 heavy (non-hydrogen) atoms. The number of halogens is 1. The van der Waals surface area contributed by atoms with Crippen molar-refractivity contribution in [2.45, 2.75) is 13.3 Å². The van der Waals surface area contributed by atoms with Gasteiger partial charge in [-0.05, 0) is 36.2 Å². The van der Waals surface area contributed by atoms with Gasteiger partial charge in [0, 0.05) is 5.02 Å². The van der Waals surface area contributed by atoms with E-state index in [0.717, 1.165) is 11.1 Å². The van der Waals surface area contributed by atoms with Crippen LogP contribution in [-0.4, -0.2) is 5.91 Å². The molecule has 0 bridgehead atoms. The second-order valence-corrected chi connectivity index (χ2v) is 4.82. The molecule has 0 spiro atoms. The summed E-state index contributed by atoms with van der Waals surface area (Å²) in [4.78, 5) is 12.0. The fraction of sp³-hybridized carbons (Fsp3) is 0.133. The van der Waals surface area contributed by atoms with Crippen molar-refractivity contribution in [3.05, 3.63) is 58.6 Å². The molecule has 0 aromatic heterocycles. The lowest BCUT2D eigenvalue weighted by atomic mass is 10.1. The number of aryl methyl sites for hydroxylation is 1. The zero-order valence-electron chi connectivity index (χ0n) is 10.6. The number of nitrogen functional groups attached to an aromatic ring is 1. The molecular weight excluding hydrogens is 260 g/mol. The van der Waals surface area contributed by atoms with Gasteiger partial charge < -0.3 is 11.1 Å². The summed E-state index contributed by atoms with van der Waals surface area (Å²) < 4.78 is 0. The van der Waals surface area contributed by atoms with Gasteiger partial charge >= 0.3 is 0 Å². The molecule has 0 saturated heterocycles. The van der Waals surface area contributed by atoms with E-state index in [1.165, 1.54) is 0 Å². The molecule has 0 aliphatic rings. The number of rotatable bonds is 3. The van der Waals surface area contributed by atoms with Gasteiger partial charge in [-0.3, -0.25) is 4.79 Å². The first-order valence-corrected chi connectivity index (χ1v) is 6.33. The van der Waals surface area contributed by atoms with E-state index in [4.69, 9.17) is 17.3 Å². The van der Waals surface area contributed by atoms with Gasteiger partial charge in [-0.15, -0.1) is 0 Å². The topological polar surface area (TPSA) is 55.1 Å². The molecule has 4 heteroatoms. The Morgan fingerprint density at radius 1 is 1.26 bits per heavy atom. The van der Waals surface area contributed by atoms with Gasteiger partial charge in [-0.2, -0.15) is 0 Å². The van der Waals surface area contributed by atoms with Crippen molar-refractivity contribution >= 4 is 28.9 Å². The van der Waals surface area contributed by atoms with Gasteiger partial charge in [0.2, 0.25) is 5.91 Å². The number of nitrogens with one attached hydrogen (secondary N) is 1. The maximum atomic E-state index is 12.0. The number of anilines is 2. The van der Waals surface area contributed by atoms with Crippen LogP contribution in [0.25, 0.3) is 0 Å². The van der Waals surface area contributed by atoms with Gasteiger partial charge in [0.05, 0.1) is 17.8 Å². The SMILES string of the molecule is Cc1ccccc1CC(=O)Nc1ccc(Cl)cc1N. The number of nitrogens with two attached hydrogens (primary N) is 1. The van der Waals surface area contributed by atoms with Crippen molar-refractivity contribution in [3.8, 4) is 0 Å². The number of carbonyl (C=O) groups excluding carboxylic acids is 1. The zero-order valence-corrected chi connectivity index (χ0v) is 11.4. The van der Waals surface area contributed by atoms with E-state index >= 15 is 0 Å². The molecule has 0 aliphatic heterocycles. The minimum Gasteiger partial charge on any atom is -0.397 e. The quantitative estimate of drug-likeness (QED) is 0.843.